The maximum Gasteiger partial charge on any atom is 0.474 e. The Labute approximate surface area is 105 Å². The number of hydrogen-bond acceptors (Lipinski definition) is 7. The fraction of sp³-hybridized carbons (Fsp3) is 1.00. The molecule has 4 unspecified atom stereocenters. The molecule has 2 fully saturated rings. The Kier molecular flexibility index (Phi) is 4.88. The molecule has 2 heterocycles. The van der Waals surface area contributed by atoms with Gasteiger partial charge < -0.3 is 31.1 Å². The Morgan fingerprint density at radius 1 is 0.882 bits per heavy atom. The molecule has 0 aliphatic carbocycles. The minimum absolute atomic E-state index is 0.0698. The highest BCUT2D eigenvalue weighted by Crippen LogP contribution is 2.21. The van der Waals surface area contributed by atoms with Crippen LogP contribution in [0.25, 0.3) is 0 Å². The molecule has 0 spiro atoms. The highest BCUT2D eigenvalue weighted by Gasteiger charge is 2.37. The highest BCUT2D eigenvalue weighted by molar-refractivity contribution is 6.57. The Hall–Kier alpha value is 0.371. The topological polar surface area (TPSA) is 86.6 Å². The maximum atomic E-state index is 9.56. The SMILES string of the molecule is CC1CC2CC(C)O[SiH](O)O[SiH](O2)O[SiH](O)O1. The minimum atomic E-state index is -2.71. The molecule has 0 amide bonds. The molecule has 100 valence electrons. The van der Waals surface area contributed by atoms with Gasteiger partial charge >= 0.3 is 28.6 Å². The zero-order valence-corrected chi connectivity index (χ0v) is 13.3. The highest BCUT2D eigenvalue weighted by atomic mass is 28.4. The van der Waals surface area contributed by atoms with Crippen LogP contribution in [0.1, 0.15) is 26.7 Å². The lowest BCUT2D eigenvalue weighted by atomic mass is 10.1. The zero-order chi connectivity index (χ0) is 12.4. The third-order valence-corrected chi connectivity index (χ3v) is 8.29. The van der Waals surface area contributed by atoms with Crippen molar-refractivity contribution in [3.63, 3.8) is 0 Å². The van der Waals surface area contributed by atoms with E-state index in [9.17, 15) is 9.59 Å². The van der Waals surface area contributed by atoms with E-state index >= 15 is 0 Å². The molecular weight excluding hydrogens is 280 g/mol. The van der Waals surface area contributed by atoms with E-state index in [2.05, 4.69) is 0 Å². The minimum Gasteiger partial charge on any atom is -0.393 e. The Morgan fingerprint density at radius 3 is 1.82 bits per heavy atom. The van der Waals surface area contributed by atoms with Gasteiger partial charge in [0.25, 0.3) is 0 Å². The Bertz CT molecular complexity index is 214. The normalized spacial score (nSPS) is 48.7. The van der Waals surface area contributed by atoms with E-state index < -0.39 is 28.6 Å². The molecule has 2 bridgehead atoms. The van der Waals surface area contributed by atoms with Gasteiger partial charge in [-0.25, -0.2) is 0 Å². The predicted octanol–water partition coefficient (Wildman–Crippen LogP) is -1.84. The van der Waals surface area contributed by atoms with Crippen LogP contribution < -0.4 is 0 Å². The van der Waals surface area contributed by atoms with Crippen molar-refractivity contribution in [2.75, 3.05) is 0 Å². The van der Waals surface area contributed by atoms with Crippen molar-refractivity contribution in [1.82, 2.24) is 0 Å². The quantitative estimate of drug-likeness (QED) is 0.508. The second-order valence-electron chi connectivity index (χ2n) is 4.30. The fourth-order valence-electron chi connectivity index (χ4n) is 1.96. The summed E-state index contributed by atoms with van der Waals surface area (Å²) in [6.07, 6.45) is 1.06. The first-order chi connectivity index (χ1) is 8.02. The van der Waals surface area contributed by atoms with E-state index in [1.807, 2.05) is 13.8 Å². The summed E-state index contributed by atoms with van der Waals surface area (Å²) in [5.41, 5.74) is 0. The second kappa shape index (κ2) is 6.01. The van der Waals surface area contributed by atoms with Crippen molar-refractivity contribution in [3.05, 3.63) is 0 Å². The molecule has 2 aliphatic rings. The van der Waals surface area contributed by atoms with Gasteiger partial charge in [-0.3, -0.25) is 0 Å². The molecule has 10 heteroatoms. The lowest BCUT2D eigenvalue weighted by molar-refractivity contribution is -0.0190. The van der Waals surface area contributed by atoms with Crippen LogP contribution in [-0.2, 0) is 21.5 Å². The van der Waals surface area contributed by atoms with Gasteiger partial charge in [0, 0.05) is 12.2 Å². The van der Waals surface area contributed by atoms with Crippen LogP contribution in [-0.4, -0.2) is 56.5 Å². The summed E-state index contributed by atoms with van der Waals surface area (Å²) in [5, 5.41) is 0. The molecule has 2 aliphatic heterocycles. The van der Waals surface area contributed by atoms with Gasteiger partial charge in [0.1, 0.15) is 0 Å². The summed E-state index contributed by atoms with van der Waals surface area (Å²) < 4.78 is 26.8. The van der Waals surface area contributed by atoms with Gasteiger partial charge in [0.15, 0.2) is 0 Å². The molecule has 0 radical (unpaired) electrons. The van der Waals surface area contributed by atoms with Gasteiger partial charge in [0.05, 0.1) is 6.10 Å². The number of hydrogen-bond donors (Lipinski definition) is 2. The van der Waals surface area contributed by atoms with Gasteiger partial charge in [-0.05, 0) is 26.7 Å². The summed E-state index contributed by atoms with van der Waals surface area (Å²) in [6, 6.07) is 0. The summed E-state index contributed by atoms with van der Waals surface area (Å²) in [7, 11) is -7.93. The van der Waals surface area contributed by atoms with Crippen molar-refractivity contribution >= 4 is 28.6 Å². The molecule has 0 saturated carbocycles. The maximum absolute atomic E-state index is 9.56. The van der Waals surface area contributed by atoms with Crippen molar-refractivity contribution < 1.29 is 31.1 Å². The molecule has 2 rings (SSSR count). The van der Waals surface area contributed by atoms with Crippen LogP contribution in [0.2, 0.25) is 0 Å². The summed E-state index contributed by atoms with van der Waals surface area (Å²) in [5.74, 6) is 0. The van der Waals surface area contributed by atoms with Crippen molar-refractivity contribution in [3.8, 4) is 0 Å². The third kappa shape index (κ3) is 4.20. The molecule has 0 aromatic heterocycles. The van der Waals surface area contributed by atoms with E-state index in [1.165, 1.54) is 0 Å². The van der Waals surface area contributed by atoms with Gasteiger partial charge in [-0.2, -0.15) is 0 Å². The monoisotopic (exact) mass is 298 g/mol. The average Bonchev–Trinajstić information content (AvgIpc) is 2.11. The predicted molar refractivity (Wildman–Crippen MR) is 63.3 cm³/mol. The molecule has 0 aromatic rings. The summed E-state index contributed by atoms with van der Waals surface area (Å²) in [4.78, 5) is 19.1. The lowest BCUT2D eigenvalue weighted by Crippen LogP contribution is -2.50. The molecule has 7 nitrogen and oxygen atoms in total. The second-order valence-corrected chi connectivity index (χ2v) is 9.10. The smallest absolute Gasteiger partial charge is 0.393 e. The molecular formula is C7H18O7Si3. The third-order valence-electron chi connectivity index (χ3n) is 2.65. The Morgan fingerprint density at radius 2 is 1.35 bits per heavy atom. The number of rotatable bonds is 0. The Balaban J connectivity index is 2.05. The summed E-state index contributed by atoms with van der Waals surface area (Å²) >= 11 is 0. The van der Waals surface area contributed by atoms with Crippen molar-refractivity contribution in [2.45, 2.75) is 45.0 Å². The van der Waals surface area contributed by atoms with Gasteiger partial charge in [-0.1, -0.05) is 0 Å². The lowest BCUT2D eigenvalue weighted by Gasteiger charge is -2.35. The van der Waals surface area contributed by atoms with Crippen LogP contribution in [0, 0.1) is 0 Å². The van der Waals surface area contributed by atoms with E-state index in [4.69, 9.17) is 21.5 Å². The average molecular weight is 298 g/mol. The summed E-state index contributed by atoms with van der Waals surface area (Å²) in [6.45, 7) is 3.75. The fourth-order valence-corrected chi connectivity index (χ4v) is 6.90. The van der Waals surface area contributed by atoms with Gasteiger partial charge in [0.2, 0.25) is 0 Å². The van der Waals surface area contributed by atoms with Crippen LogP contribution in [0.5, 0.6) is 0 Å². The van der Waals surface area contributed by atoms with Crippen molar-refractivity contribution in [2.24, 2.45) is 0 Å². The molecule has 2 saturated heterocycles. The molecule has 2 N–H and O–H groups in total. The van der Waals surface area contributed by atoms with Crippen LogP contribution >= 0.6 is 0 Å². The van der Waals surface area contributed by atoms with E-state index in [1.54, 1.807) is 0 Å². The van der Waals surface area contributed by atoms with Crippen LogP contribution in [0.4, 0.5) is 0 Å². The molecule has 0 aromatic carbocycles. The van der Waals surface area contributed by atoms with Crippen molar-refractivity contribution in [1.29, 1.82) is 0 Å². The standard InChI is InChI=1S/C7H18O7Si3/c1-5-3-7-4-6(2)11-16(9)14-17(12-7)13-15(8)10-5/h5-9,15-17H,3-4H2,1-2H3. The first-order valence-corrected chi connectivity index (χ1v) is 9.99. The first-order valence-electron chi connectivity index (χ1n) is 5.66. The zero-order valence-electron chi connectivity index (χ0n) is 9.81. The van der Waals surface area contributed by atoms with E-state index in [0.717, 1.165) is 0 Å². The number of fused-ring (bicyclic) bond motifs is 2. The van der Waals surface area contributed by atoms with Gasteiger partial charge in [-0.15, -0.1) is 0 Å². The molecule has 17 heavy (non-hydrogen) atoms. The van der Waals surface area contributed by atoms with E-state index in [0.29, 0.717) is 12.8 Å². The molecule has 4 atom stereocenters. The van der Waals surface area contributed by atoms with E-state index in [-0.39, 0.29) is 18.3 Å². The largest absolute Gasteiger partial charge is 0.474 e. The van der Waals surface area contributed by atoms with Crippen LogP contribution in [0.3, 0.4) is 0 Å². The first kappa shape index (κ1) is 13.8. The van der Waals surface area contributed by atoms with Crippen LogP contribution in [0.15, 0.2) is 0 Å².